The maximum Gasteiger partial charge on any atom is 0.253 e. The number of ether oxygens (including phenoxy) is 1. The second-order valence-electron chi connectivity index (χ2n) is 10.0. The van der Waals surface area contributed by atoms with Crippen molar-refractivity contribution >= 4 is 5.91 Å². The molecule has 1 aliphatic carbocycles. The number of morpholine rings is 1. The molecule has 3 aliphatic heterocycles. The number of fused-ring (bicyclic) bond motifs is 1. The Balaban J connectivity index is 1.18. The van der Waals surface area contributed by atoms with E-state index >= 15 is 0 Å². The third-order valence-corrected chi connectivity index (χ3v) is 7.97. The number of carbonyl (C=O) groups excluding carboxylic acids is 1. The van der Waals surface area contributed by atoms with Gasteiger partial charge in [-0.1, -0.05) is 18.6 Å². The molecule has 31 heavy (non-hydrogen) atoms. The predicted molar refractivity (Wildman–Crippen MR) is 120 cm³/mol. The Morgan fingerprint density at radius 1 is 0.935 bits per heavy atom. The summed E-state index contributed by atoms with van der Waals surface area (Å²) in [6.45, 7) is 8.31. The Labute approximate surface area is 186 Å². The second-order valence-corrected chi connectivity index (χ2v) is 10.0. The summed E-state index contributed by atoms with van der Waals surface area (Å²) in [5.74, 6) is 1.07. The van der Waals surface area contributed by atoms with Crippen LogP contribution in [-0.4, -0.2) is 90.3 Å². The number of hydrogen-bond donors (Lipinski definition) is 1. The molecule has 3 saturated heterocycles. The van der Waals surface area contributed by atoms with Crippen molar-refractivity contribution in [3.8, 4) is 0 Å². The molecule has 1 aromatic rings. The van der Waals surface area contributed by atoms with E-state index in [4.69, 9.17) is 4.74 Å². The van der Waals surface area contributed by atoms with Gasteiger partial charge in [-0.2, -0.15) is 0 Å². The van der Waals surface area contributed by atoms with Crippen molar-refractivity contribution in [3.63, 3.8) is 0 Å². The zero-order chi connectivity index (χ0) is 21.2. The lowest BCUT2D eigenvalue weighted by Crippen LogP contribution is -2.53. The lowest BCUT2D eigenvalue weighted by Gasteiger charge is -2.43. The van der Waals surface area contributed by atoms with Gasteiger partial charge in [-0.25, -0.2) is 0 Å². The molecule has 0 unspecified atom stereocenters. The van der Waals surface area contributed by atoms with Crippen LogP contribution in [0, 0.1) is 11.8 Å². The van der Waals surface area contributed by atoms with Gasteiger partial charge in [-0.3, -0.25) is 14.6 Å². The zero-order valence-corrected chi connectivity index (χ0v) is 18.6. The number of benzene rings is 1. The molecule has 1 aromatic carbocycles. The van der Waals surface area contributed by atoms with Gasteiger partial charge in [-0.05, 0) is 68.3 Å². The van der Waals surface area contributed by atoms with Crippen molar-refractivity contribution in [1.82, 2.24) is 14.7 Å². The lowest BCUT2D eigenvalue weighted by molar-refractivity contribution is -0.0520. The van der Waals surface area contributed by atoms with Gasteiger partial charge >= 0.3 is 0 Å². The van der Waals surface area contributed by atoms with Crippen LogP contribution in [0.2, 0.25) is 0 Å². The summed E-state index contributed by atoms with van der Waals surface area (Å²) in [6, 6.07) is 8.49. The van der Waals surface area contributed by atoms with E-state index in [2.05, 4.69) is 21.9 Å². The van der Waals surface area contributed by atoms with Gasteiger partial charge in [0.2, 0.25) is 0 Å². The summed E-state index contributed by atoms with van der Waals surface area (Å²) in [4.78, 5) is 20.1. The number of aliphatic hydroxyl groups excluding tert-OH is 1. The van der Waals surface area contributed by atoms with Crippen LogP contribution in [0.25, 0.3) is 0 Å². The van der Waals surface area contributed by atoms with E-state index in [0.29, 0.717) is 11.8 Å². The van der Waals surface area contributed by atoms with E-state index in [0.717, 1.165) is 64.3 Å². The van der Waals surface area contributed by atoms with Gasteiger partial charge in [0.15, 0.2) is 0 Å². The first kappa shape index (κ1) is 21.4. The maximum absolute atomic E-state index is 13.2. The Hall–Kier alpha value is -1.47. The Morgan fingerprint density at radius 3 is 2.32 bits per heavy atom. The fraction of sp³-hybridized carbons (Fsp3) is 0.720. The van der Waals surface area contributed by atoms with Crippen molar-refractivity contribution in [2.75, 3.05) is 52.5 Å². The number of aliphatic hydroxyl groups is 1. The number of likely N-dealkylation sites (tertiary alicyclic amines) is 2. The molecular formula is C25H37N3O3. The van der Waals surface area contributed by atoms with Crippen LogP contribution in [-0.2, 0) is 11.3 Å². The van der Waals surface area contributed by atoms with Crippen molar-refractivity contribution in [1.29, 1.82) is 0 Å². The van der Waals surface area contributed by atoms with E-state index in [1.54, 1.807) is 0 Å². The normalized spacial score (nSPS) is 32.7. The number of nitrogens with zero attached hydrogens (tertiary/aromatic N) is 3. The molecule has 1 amide bonds. The van der Waals surface area contributed by atoms with E-state index in [1.165, 1.54) is 37.9 Å². The quantitative estimate of drug-likeness (QED) is 0.799. The number of rotatable bonds is 4. The topological polar surface area (TPSA) is 56.3 Å². The van der Waals surface area contributed by atoms with Crippen molar-refractivity contribution in [3.05, 3.63) is 35.4 Å². The van der Waals surface area contributed by atoms with Crippen LogP contribution in [0.1, 0.15) is 48.0 Å². The summed E-state index contributed by atoms with van der Waals surface area (Å²) in [5, 5.41) is 10.8. The molecule has 4 fully saturated rings. The maximum atomic E-state index is 13.2. The molecule has 4 atom stereocenters. The van der Waals surface area contributed by atoms with Crippen molar-refractivity contribution in [2.24, 2.45) is 11.8 Å². The molecule has 6 nitrogen and oxygen atoms in total. The molecule has 6 heteroatoms. The minimum atomic E-state index is -0.288. The third kappa shape index (κ3) is 4.82. The Bertz CT molecular complexity index is 743. The van der Waals surface area contributed by atoms with Gasteiger partial charge < -0.3 is 14.7 Å². The minimum Gasteiger partial charge on any atom is -0.391 e. The summed E-state index contributed by atoms with van der Waals surface area (Å²) >= 11 is 0. The molecule has 4 aliphatic rings. The smallest absolute Gasteiger partial charge is 0.253 e. The van der Waals surface area contributed by atoms with Gasteiger partial charge in [0.05, 0.1) is 19.3 Å². The highest BCUT2D eigenvalue weighted by atomic mass is 16.5. The van der Waals surface area contributed by atoms with E-state index in [1.807, 2.05) is 17.0 Å². The largest absolute Gasteiger partial charge is 0.391 e. The highest BCUT2D eigenvalue weighted by Crippen LogP contribution is 2.39. The first-order valence-electron chi connectivity index (χ1n) is 12.3. The van der Waals surface area contributed by atoms with Gasteiger partial charge in [0.1, 0.15) is 0 Å². The summed E-state index contributed by atoms with van der Waals surface area (Å²) in [5.41, 5.74) is 2.09. The number of hydrogen-bond acceptors (Lipinski definition) is 5. The molecule has 1 saturated carbocycles. The SMILES string of the molecule is O=C(c1ccc(CN2CCCCC2)cc1)N1C[C@H]2C[C@@H](N3CCOCC3)[C@H](O)C[C@H]2C1. The molecule has 0 radical (unpaired) electrons. The Kier molecular flexibility index (Phi) is 6.60. The monoisotopic (exact) mass is 427 g/mol. The third-order valence-electron chi connectivity index (χ3n) is 7.97. The van der Waals surface area contributed by atoms with E-state index in [9.17, 15) is 9.90 Å². The van der Waals surface area contributed by atoms with Gasteiger partial charge in [0, 0.05) is 44.3 Å². The first-order valence-corrected chi connectivity index (χ1v) is 12.3. The van der Waals surface area contributed by atoms with Crippen LogP contribution in [0.3, 0.4) is 0 Å². The standard InChI is InChI=1S/C25H37N3O3/c29-24-15-22-18-28(17-21(22)14-23(24)27-10-12-31-13-11-27)25(30)20-6-4-19(5-7-20)16-26-8-2-1-3-9-26/h4-7,21-24,29H,1-3,8-18H2/t21-,22+,23-,24-/m1/s1. The molecular weight excluding hydrogens is 390 g/mol. The van der Waals surface area contributed by atoms with Gasteiger partial charge in [0.25, 0.3) is 5.91 Å². The molecule has 1 N–H and O–H groups in total. The average molecular weight is 428 g/mol. The van der Waals surface area contributed by atoms with E-state index in [-0.39, 0.29) is 18.1 Å². The number of amides is 1. The fourth-order valence-electron chi connectivity index (χ4n) is 6.19. The summed E-state index contributed by atoms with van der Waals surface area (Å²) < 4.78 is 5.48. The fourth-order valence-corrected chi connectivity index (χ4v) is 6.19. The minimum absolute atomic E-state index is 0.149. The van der Waals surface area contributed by atoms with Crippen molar-refractivity contribution < 1.29 is 14.6 Å². The summed E-state index contributed by atoms with van der Waals surface area (Å²) in [6.07, 6.45) is 5.47. The van der Waals surface area contributed by atoms with Crippen LogP contribution >= 0.6 is 0 Å². The van der Waals surface area contributed by atoms with Crippen LogP contribution < -0.4 is 0 Å². The number of piperidine rings is 1. The van der Waals surface area contributed by atoms with Crippen LogP contribution in [0.5, 0.6) is 0 Å². The number of carbonyl (C=O) groups is 1. The first-order chi connectivity index (χ1) is 15.2. The van der Waals surface area contributed by atoms with Gasteiger partial charge in [-0.15, -0.1) is 0 Å². The highest BCUT2D eigenvalue weighted by Gasteiger charge is 2.44. The average Bonchev–Trinajstić information content (AvgIpc) is 3.22. The Morgan fingerprint density at radius 2 is 1.61 bits per heavy atom. The highest BCUT2D eigenvalue weighted by molar-refractivity contribution is 5.94. The second kappa shape index (κ2) is 9.57. The zero-order valence-electron chi connectivity index (χ0n) is 18.6. The van der Waals surface area contributed by atoms with Crippen molar-refractivity contribution in [2.45, 2.75) is 50.8 Å². The molecule has 170 valence electrons. The summed E-state index contributed by atoms with van der Waals surface area (Å²) in [7, 11) is 0. The molecule has 0 spiro atoms. The molecule has 0 bridgehead atoms. The van der Waals surface area contributed by atoms with E-state index < -0.39 is 0 Å². The molecule has 0 aromatic heterocycles. The molecule has 3 heterocycles. The lowest BCUT2D eigenvalue weighted by atomic mass is 9.77. The predicted octanol–water partition coefficient (Wildman–Crippen LogP) is 2.22. The van der Waals surface area contributed by atoms with Crippen LogP contribution in [0.4, 0.5) is 0 Å². The molecule has 5 rings (SSSR count). The van der Waals surface area contributed by atoms with Crippen LogP contribution in [0.15, 0.2) is 24.3 Å².